The fraction of sp³-hybridized carbons (Fsp3) is 0.412. The van der Waals surface area contributed by atoms with Gasteiger partial charge >= 0.3 is 0 Å². The van der Waals surface area contributed by atoms with Gasteiger partial charge < -0.3 is 14.5 Å². The van der Waals surface area contributed by atoms with Gasteiger partial charge in [0.05, 0.1) is 18.3 Å². The van der Waals surface area contributed by atoms with Crippen LogP contribution in [0.1, 0.15) is 32.6 Å². The third-order valence-electron chi connectivity index (χ3n) is 4.35. The van der Waals surface area contributed by atoms with Crippen molar-refractivity contribution < 1.29 is 22.8 Å². The molecule has 1 unspecified atom stereocenters. The minimum absolute atomic E-state index is 0.269. The van der Waals surface area contributed by atoms with E-state index >= 15 is 0 Å². The molecule has 3 rings (SSSR count). The van der Waals surface area contributed by atoms with E-state index < -0.39 is 28.8 Å². The number of hydrogen-bond donors (Lipinski definition) is 1. The summed E-state index contributed by atoms with van der Waals surface area (Å²) in [4.78, 5) is 8.33. The Labute approximate surface area is 148 Å². The fourth-order valence-electron chi connectivity index (χ4n) is 2.85. The van der Waals surface area contributed by atoms with Crippen molar-refractivity contribution >= 4 is 0 Å². The molecule has 1 atom stereocenters. The van der Waals surface area contributed by atoms with Crippen molar-refractivity contribution in [2.45, 2.75) is 26.8 Å². The van der Waals surface area contributed by atoms with Crippen LogP contribution in [0.25, 0.3) is 11.5 Å². The van der Waals surface area contributed by atoms with Gasteiger partial charge in [0.1, 0.15) is 0 Å². The highest BCUT2D eigenvalue weighted by Gasteiger charge is 2.26. The molecule has 0 saturated heterocycles. The predicted octanol–water partition coefficient (Wildman–Crippen LogP) is 3.42. The summed E-state index contributed by atoms with van der Waals surface area (Å²) >= 11 is 0. The normalized spacial score (nSPS) is 16.7. The molecule has 1 aromatic carbocycles. The van der Waals surface area contributed by atoms with E-state index in [4.69, 9.17) is 4.52 Å². The van der Waals surface area contributed by atoms with E-state index in [1.807, 2.05) is 24.9 Å². The summed E-state index contributed by atoms with van der Waals surface area (Å²) in [7, 11) is 0. The van der Waals surface area contributed by atoms with Crippen LogP contribution >= 0.6 is 0 Å². The third kappa shape index (κ3) is 3.26. The molecule has 26 heavy (non-hydrogen) atoms. The lowest BCUT2D eigenvalue weighted by Gasteiger charge is -2.36. The highest BCUT2D eigenvalue weighted by molar-refractivity contribution is 5.57. The second-order valence-electron chi connectivity index (χ2n) is 6.29. The Kier molecular flexibility index (Phi) is 4.90. The van der Waals surface area contributed by atoms with Crippen LogP contribution in [0.15, 0.2) is 22.4 Å². The number of likely N-dealkylation sites (N-methyl/N-ethyl adjacent to an activating group) is 1. The Balaban J connectivity index is 1.90. The first-order valence-corrected chi connectivity index (χ1v) is 8.17. The average Bonchev–Trinajstić information content (AvgIpc) is 3.11. The summed E-state index contributed by atoms with van der Waals surface area (Å²) < 4.78 is 45.7. The SMILES string of the molecule is CCN1CC(C)=CN(C(C)c2noc(-c3cc(F)c(F)c(O)c3F)n2)C1. The molecular formula is C17H19F3N4O2. The van der Waals surface area contributed by atoms with Crippen molar-refractivity contribution in [3.8, 4) is 17.2 Å². The van der Waals surface area contributed by atoms with Gasteiger partial charge in [-0.2, -0.15) is 9.37 Å². The minimum atomic E-state index is -1.66. The Morgan fingerprint density at radius 3 is 2.73 bits per heavy atom. The molecule has 1 aromatic heterocycles. The van der Waals surface area contributed by atoms with Crippen molar-refractivity contribution in [2.24, 2.45) is 0 Å². The topological polar surface area (TPSA) is 65.6 Å². The molecule has 9 heteroatoms. The number of phenols is 1. The maximum Gasteiger partial charge on any atom is 0.261 e. The van der Waals surface area contributed by atoms with Gasteiger partial charge in [-0.3, -0.25) is 4.90 Å². The Bertz CT molecular complexity index is 853. The predicted molar refractivity (Wildman–Crippen MR) is 87.4 cm³/mol. The van der Waals surface area contributed by atoms with Crippen molar-refractivity contribution in [1.82, 2.24) is 19.9 Å². The number of benzene rings is 1. The Morgan fingerprint density at radius 2 is 2.04 bits per heavy atom. The molecule has 0 spiro atoms. The quantitative estimate of drug-likeness (QED) is 0.835. The monoisotopic (exact) mass is 368 g/mol. The number of rotatable bonds is 4. The molecule has 1 N–H and O–H groups in total. The van der Waals surface area contributed by atoms with Crippen molar-refractivity contribution in [3.05, 3.63) is 41.1 Å². The van der Waals surface area contributed by atoms with Gasteiger partial charge in [0.2, 0.25) is 5.82 Å². The van der Waals surface area contributed by atoms with E-state index in [1.54, 1.807) is 0 Å². The van der Waals surface area contributed by atoms with Crippen LogP contribution in [0.2, 0.25) is 0 Å². The van der Waals surface area contributed by atoms with Gasteiger partial charge in [-0.1, -0.05) is 12.1 Å². The molecule has 2 aromatic rings. The van der Waals surface area contributed by atoms with E-state index in [0.717, 1.165) is 13.1 Å². The van der Waals surface area contributed by atoms with E-state index in [0.29, 0.717) is 12.7 Å². The summed E-state index contributed by atoms with van der Waals surface area (Å²) in [6.07, 6.45) is 2.00. The van der Waals surface area contributed by atoms with Crippen LogP contribution in [0.4, 0.5) is 13.2 Å². The largest absolute Gasteiger partial charge is 0.503 e. The lowest BCUT2D eigenvalue weighted by Crippen LogP contribution is -2.41. The summed E-state index contributed by atoms with van der Waals surface area (Å²) in [6.45, 7) is 8.35. The van der Waals surface area contributed by atoms with Crippen LogP contribution in [0.3, 0.4) is 0 Å². The number of aromatic nitrogens is 2. The molecule has 0 radical (unpaired) electrons. The molecule has 2 heterocycles. The first kappa shape index (κ1) is 18.2. The number of halogens is 3. The third-order valence-corrected chi connectivity index (χ3v) is 4.35. The summed E-state index contributed by atoms with van der Waals surface area (Å²) in [5.41, 5.74) is 0.679. The highest BCUT2D eigenvalue weighted by atomic mass is 19.2. The number of aromatic hydroxyl groups is 1. The molecule has 0 amide bonds. The van der Waals surface area contributed by atoms with Gasteiger partial charge in [0, 0.05) is 12.7 Å². The highest BCUT2D eigenvalue weighted by Crippen LogP contribution is 2.32. The molecule has 140 valence electrons. The van der Waals surface area contributed by atoms with Crippen molar-refractivity contribution in [2.75, 3.05) is 19.8 Å². The summed E-state index contributed by atoms with van der Waals surface area (Å²) in [5, 5.41) is 13.2. The number of hydrogen-bond acceptors (Lipinski definition) is 6. The Hall–Kier alpha value is -2.55. The van der Waals surface area contributed by atoms with Crippen LogP contribution in [-0.4, -0.2) is 44.8 Å². The van der Waals surface area contributed by atoms with E-state index in [1.165, 1.54) is 5.57 Å². The van der Waals surface area contributed by atoms with Crippen molar-refractivity contribution in [3.63, 3.8) is 0 Å². The Morgan fingerprint density at radius 1 is 1.31 bits per heavy atom. The average molecular weight is 368 g/mol. The second-order valence-corrected chi connectivity index (χ2v) is 6.29. The standard InChI is InChI=1S/C17H19F3N4O2/c1-4-23-6-9(2)7-24(8-23)10(3)16-21-17(26-22-16)11-5-12(18)14(20)15(25)13(11)19/h5,7,10,25H,4,6,8H2,1-3H3. The van der Waals surface area contributed by atoms with Gasteiger partial charge in [-0.15, -0.1) is 0 Å². The number of nitrogens with zero attached hydrogens (tertiary/aromatic N) is 4. The fourth-order valence-corrected chi connectivity index (χ4v) is 2.85. The lowest BCUT2D eigenvalue weighted by molar-refractivity contribution is 0.134. The van der Waals surface area contributed by atoms with E-state index in [9.17, 15) is 18.3 Å². The molecule has 0 bridgehead atoms. The zero-order chi connectivity index (χ0) is 19.0. The molecule has 0 aliphatic carbocycles. The second kappa shape index (κ2) is 6.99. The van der Waals surface area contributed by atoms with Gasteiger partial charge in [-0.05, 0) is 32.0 Å². The maximum absolute atomic E-state index is 14.0. The van der Waals surface area contributed by atoms with Crippen LogP contribution in [-0.2, 0) is 0 Å². The molecule has 6 nitrogen and oxygen atoms in total. The zero-order valence-electron chi connectivity index (χ0n) is 14.6. The summed E-state index contributed by atoms with van der Waals surface area (Å²) in [5.74, 6) is -5.89. The molecule has 0 saturated carbocycles. The van der Waals surface area contributed by atoms with Gasteiger partial charge in [0.15, 0.2) is 23.2 Å². The summed E-state index contributed by atoms with van der Waals surface area (Å²) in [6, 6.07) is 0.301. The molecule has 1 aliphatic rings. The van der Waals surface area contributed by atoms with E-state index in [2.05, 4.69) is 22.0 Å². The lowest BCUT2D eigenvalue weighted by atomic mass is 10.1. The molecule has 1 aliphatic heterocycles. The molecule has 0 fully saturated rings. The zero-order valence-corrected chi connectivity index (χ0v) is 14.6. The first-order valence-electron chi connectivity index (χ1n) is 8.17. The van der Waals surface area contributed by atoms with Gasteiger partial charge in [0.25, 0.3) is 5.89 Å². The van der Waals surface area contributed by atoms with Crippen LogP contribution < -0.4 is 0 Å². The van der Waals surface area contributed by atoms with Crippen molar-refractivity contribution in [1.29, 1.82) is 0 Å². The first-order chi connectivity index (χ1) is 12.3. The minimum Gasteiger partial charge on any atom is -0.503 e. The number of phenolic OH excluding ortho intramolecular Hbond substituents is 1. The van der Waals surface area contributed by atoms with Crippen LogP contribution in [0.5, 0.6) is 5.75 Å². The smallest absolute Gasteiger partial charge is 0.261 e. The van der Waals surface area contributed by atoms with Gasteiger partial charge in [-0.25, -0.2) is 8.78 Å². The molecular weight excluding hydrogens is 349 g/mol. The van der Waals surface area contributed by atoms with Crippen LogP contribution in [0, 0.1) is 17.5 Å². The maximum atomic E-state index is 14.0. The van der Waals surface area contributed by atoms with E-state index in [-0.39, 0.29) is 17.8 Å².